The molecule has 0 radical (unpaired) electrons. The second-order valence-corrected chi connectivity index (χ2v) is 6.07. The molecule has 1 aliphatic carbocycles. The van der Waals surface area contributed by atoms with E-state index in [4.69, 9.17) is 5.11 Å². The minimum atomic E-state index is -0.0314. The summed E-state index contributed by atoms with van der Waals surface area (Å²) in [6, 6.07) is 0. The Morgan fingerprint density at radius 2 is 1.74 bits per heavy atom. The van der Waals surface area contributed by atoms with Crippen LogP contribution in [0.3, 0.4) is 0 Å². The normalized spacial score (nSPS) is 22.7. The van der Waals surface area contributed by atoms with Crippen molar-refractivity contribution >= 4 is 5.82 Å². The molecule has 4 heteroatoms. The van der Waals surface area contributed by atoms with Gasteiger partial charge < -0.3 is 10.0 Å². The van der Waals surface area contributed by atoms with Crippen molar-refractivity contribution in [3.8, 4) is 0 Å². The molecule has 1 saturated heterocycles. The standard InChI is InChI=1S/C15H23N3O/c19-12-13-10-17-14(11-16-13)18-8-6-15(7-9-18)4-2-1-3-5-15/h10-11,19H,1-9,12H2. The summed E-state index contributed by atoms with van der Waals surface area (Å²) in [5, 5.41) is 8.99. The highest BCUT2D eigenvalue weighted by molar-refractivity contribution is 5.36. The quantitative estimate of drug-likeness (QED) is 0.888. The van der Waals surface area contributed by atoms with Crippen molar-refractivity contribution in [1.29, 1.82) is 0 Å². The van der Waals surface area contributed by atoms with E-state index in [1.54, 1.807) is 12.4 Å². The van der Waals surface area contributed by atoms with E-state index in [0.717, 1.165) is 18.9 Å². The Balaban J connectivity index is 1.62. The van der Waals surface area contributed by atoms with Crippen LogP contribution in [-0.4, -0.2) is 28.2 Å². The van der Waals surface area contributed by atoms with Gasteiger partial charge in [0.2, 0.25) is 0 Å². The molecule has 2 aliphatic rings. The third-order valence-corrected chi connectivity index (χ3v) is 4.92. The predicted molar refractivity (Wildman–Crippen MR) is 74.9 cm³/mol. The molecule has 2 fully saturated rings. The zero-order valence-corrected chi connectivity index (χ0v) is 11.5. The molecule has 0 bridgehead atoms. The van der Waals surface area contributed by atoms with Crippen LogP contribution in [0.4, 0.5) is 5.82 Å². The molecule has 1 N–H and O–H groups in total. The first-order chi connectivity index (χ1) is 9.31. The monoisotopic (exact) mass is 261 g/mol. The summed E-state index contributed by atoms with van der Waals surface area (Å²) in [4.78, 5) is 11.0. The maximum atomic E-state index is 8.99. The van der Waals surface area contributed by atoms with Crippen LogP contribution in [0.5, 0.6) is 0 Å². The summed E-state index contributed by atoms with van der Waals surface area (Å²) < 4.78 is 0. The fourth-order valence-electron chi connectivity index (χ4n) is 3.60. The Bertz CT molecular complexity index is 402. The third-order valence-electron chi connectivity index (χ3n) is 4.92. The third kappa shape index (κ3) is 2.73. The van der Waals surface area contributed by atoms with Crippen LogP contribution in [0, 0.1) is 5.41 Å². The minimum Gasteiger partial charge on any atom is -0.390 e. The van der Waals surface area contributed by atoms with Crippen molar-refractivity contribution in [1.82, 2.24) is 9.97 Å². The van der Waals surface area contributed by atoms with Gasteiger partial charge in [0.1, 0.15) is 5.82 Å². The first kappa shape index (κ1) is 12.9. The van der Waals surface area contributed by atoms with Crippen LogP contribution >= 0.6 is 0 Å². The molecule has 1 aromatic rings. The first-order valence-corrected chi connectivity index (χ1v) is 7.48. The molecule has 19 heavy (non-hydrogen) atoms. The lowest BCUT2D eigenvalue weighted by atomic mass is 9.68. The van der Waals surface area contributed by atoms with Gasteiger partial charge >= 0.3 is 0 Å². The van der Waals surface area contributed by atoms with Gasteiger partial charge in [-0.2, -0.15) is 0 Å². The van der Waals surface area contributed by atoms with E-state index in [-0.39, 0.29) is 6.61 Å². The Kier molecular flexibility index (Phi) is 3.69. The molecule has 104 valence electrons. The number of anilines is 1. The summed E-state index contributed by atoms with van der Waals surface area (Å²) in [7, 11) is 0. The highest BCUT2D eigenvalue weighted by atomic mass is 16.3. The Hall–Kier alpha value is -1.16. The molecule has 3 rings (SSSR count). The van der Waals surface area contributed by atoms with Gasteiger partial charge in [-0.1, -0.05) is 19.3 Å². The molecule has 1 spiro atoms. The van der Waals surface area contributed by atoms with E-state index in [1.807, 2.05) is 0 Å². The van der Waals surface area contributed by atoms with Crippen molar-refractivity contribution in [3.05, 3.63) is 18.1 Å². The average Bonchev–Trinajstić information content (AvgIpc) is 2.49. The fraction of sp³-hybridized carbons (Fsp3) is 0.733. The number of aliphatic hydroxyl groups excluding tert-OH is 1. The van der Waals surface area contributed by atoms with Crippen molar-refractivity contribution in [3.63, 3.8) is 0 Å². The van der Waals surface area contributed by atoms with E-state index in [0.29, 0.717) is 11.1 Å². The van der Waals surface area contributed by atoms with Gasteiger partial charge in [0.25, 0.3) is 0 Å². The summed E-state index contributed by atoms with van der Waals surface area (Å²) in [6.45, 7) is 2.18. The van der Waals surface area contributed by atoms with E-state index in [1.165, 1.54) is 44.9 Å². The largest absolute Gasteiger partial charge is 0.390 e. The highest BCUT2D eigenvalue weighted by Crippen LogP contribution is 2.44. The highest BCUT2D eigenvalue weighted by Gasteiger charge is 2.35. The Labute approximate surface area is 114 Å². The zero-order valence-electron chi connectivity index (χ0n) is 11.5. The molecule has 1 saturated carbocycles. The number of hydrogen-bond donors (Lipinski definition) is 1. The van der Waals surface area contributed by atoms with Crippen LogP contribution in [0.15, 0.2) is 12.4 Å². The Morgan fingerprint density at radius 3 is 2.32 bits per heavy atom. The summed E-state index contributed by atoms with van der Waals surface area (Å²) in [6.07, 6.45) is 13.2. The van der Waals surface area contributed by atoms with Gasteiger partial charge in [0.05, 0.1) is 24.7 Å². The molecule has 2 heterocycles. The second-order valence-electron chi connectivity index (χ2n) is 6.07. The smallest absolute Gasteiger partial charge is 0.147 e. The van der Waals surface area contributed by atoms with Gasteiger partial charge in [-0.25, -0.2) is 4.98 Å². The lowest BCUT2D eigenvalue weighted by molar-refractivity contribution is 0.144. The molecule has 1 aromatic heterocycles. The molecule has 0 aromatic carbocycles. The SMILES string of the molecule is OCc1cnc(N2CCC3(CCCCC3)CC2)cn1. The van der Waals surface area contributed by atoms with Crippen LogP contribution in [-0.2, 0) is 6.61 Å². The number of nitrogens with zero attached hydrogens (tertiary/aromatic N) is 3. The second kappa shape index (κ2) is 5.45. The lowest BCUT2D eigenvalue weighted by Gasteiger charge is -2.44. The predicted octanol–water partition coefficient (Wildman–Crippen LogP) is 2.52. The van der Waals surface area contributed by atoms with Gasteiger partial charge in [-0.15, -0.1) is 0 Å². The number of aromatic nitrogens is 2. The van der Waals surface area contributed by atoms with Crippen LogP contribution in [0.1, 0.15) is 50.6 Å². The number of rotatable bonds is 2. The van der Waals surface area contributed by atoms with Crippen molar-refractivity contribution < 1.29 is 5.11 Å². The van der Waals surface area contributed by atoms with Crippen LogP contribution in [0.2, 0.25) is 0 Å². The minimum absolute atomic E-state index is 0.0314. The summed E-state index contributed by atoms with van der Waals surface area (Å²) in [5.74, 6) is 0.961. The maximum Gasteiger partial charge on any atom is 0.147 e. The van der Waals surface area contributed by atoms with Crippen molar-refractivity contribution in [2.24, 2.45) is 5.41 Å². The summed E-state index contributed by atoms with van der Waals surface area (Å²) in [5.41, 5.74) is 1.28. The average molecular weight is 261 g/mol. The van der Waals surface area contributed by atoms with Gasteiger partial charge in [0, 0.05) is 13.1 Å². The maximum absolute atomic E-state index is 8.99. The van der Waals surface area contributed by atoms with Gasteiger partial charge in [-0.3, -0.25) is 4.98 Å². The fourth-order valence-corrected chi connectivity index (χ4v) is 3.60. The van der Waals surface area contributed by atoms with E-state index in [2.05, 4.69) is 14.9 Å². The summed E-state index contributed by atoms with van der Waals surface area (Å²) >= 11 is 0. The number of aliphatic hydroxyl groups is 1. The molecule has 1 aliphatic heterocycles. The first-order valence-electron chi connectivity index (χ1n) is 7.48. The van der Waals surface area contributed by atoms with Crippen molar-refractivity contribution in [2.45, 2.75) is 51.6 Å². The van der Waals surface area contributed by atoms with Gasteiger partial charge in [0.15, 0.2) is 0 Å². The van der Waals surface area contributed by atoms with Gasteiger partial charge in [-0.05, 0) is 31.1 Å². The molecular formula is C15H23N3O. The van der Waals surface area contributed by atoms with Crippen molar-refractivity contribution in [2.75, 3.05) is 18.0 Å². The molecular weight excluding hydrogens is 238 g/mol. The number of hydrogen-bond acceptors (Lipinski definition) is 4. The van der Waals surface area contributed by atoms with E-state index in [9.17, 15) is 0 Å². The Morgan fingerprint density at radius 1 is 1.00 bits per heavy atom. The van der Waals surface area contributed by atoms with Crippen LogP contribution < -0.4 is 4.90 Å². The van der Waals surface area contributed by atoms with E-state index >= 15 is 0 Å². The molecule has 4 nitrogen and oxygen atoms in total. The molecule has 0 atom stereocenters. The zero-order chi connectivity index (χ0) is 13.1. The lowest BCUT2D eigenvalue weighted by Crippen LogP contribution is -2.41. The van der Waals surface area contributed by atoms with Crippen LogP contribution in [0.25, 0.3) is 0 Å². The topological polar surface area (TPSA) is 49.3 Å². The molecule has 0 amide bonds. The van der Waals surface area contributed by atoms with E-state index < -0.39 is 0 Å². The molecule has 0 unspecified atom stereocenters. The number of piperidine rings is 1.